The molecule has 0 bridgehead atoms. The van der Waals surface area contributed by atoms with E-state index in [-0.39, 0.29) is 24.0 Å². The molecule has 0 aromatic heterocycles. The molecule has 1 aromatic rings. The van der Waals surface area contributed by atoms with Crippen LogP contribution in [-0.4, -0.2) is 5.78 Å². The Kier molecular flexibility index (Phi) is 3.80. The Morgan fingerprint density at radius 3 is 2.65 bits per heavy atom. The molecule has 1 radical (unpaired) electrons. The van der Waals surface area contributed by atoms with Gasteiger partial charge in [-0.25, -0.2) is 0 Å². The molecule has 1 nitrogen and oxygen atoms in total. The van der Waals surface area contributed by atoms with Crippen molar-refractivity contribution in [2.45, 2.75) is 44.9 Å². The predicted molar refractivity (Wildman–Crippen MR) is 63.2 cm³/mol. The van der Waals surface area contributed by atoms with E-state index in [4.69, 9.17) is 0 Å². The molecule has 1 spiro atoms. The fourth-order valence-electron chi connectivity index (χ4n) is 3.42. The quantitative estimate of drug-likeness (QED) is 0.658. The second kappa shape index (κ2) is 5.00. The Balaban J connectivity index is 0.00000108. The van der Waals surface area contributed by atoms with Crippen LogP contribution in [0.5, 0.6) is 0 Å². The van der Waals surface area contributed by atoms with Gasteiger partial charge in [0.25, 0.3) is 0 Å². The molecule has 0 heterocycles. The van der Waals surface area contributed by atoms with Gasteiger partial charge in [0.05, 0.1) is 0 Å². The van der Waals surface area contributed by atoms with Crippen LogP contribution in [0.15, 0.2) is 18.2 Å². The molecule has 1 saturated carbocycles. The van der Waals surface area contributed by atoms with Crippen molar-refractivity contribution in [2.24, 2.45) is 5.41 Å². The van der Waals surface area contributed by atoms with Gasteiger partial charge in [0, 0.05) is 30.4 Å². The topological polar surface area (TPSA) is 17.1 Å². The SMILES string of the molecule is O=C1CCCC12CCCc1cc[c-]cc1C2.[V]. The third kappa shape index (κ3) is 2.23. The number of benzene rings is 1. The summed E-state index contributed by atoms with van der Waals surface area (Å²) in [7, 11) is 0. The molecular weight excluding hydrogens is 247 g/mol. The summed E-state index contributed by atoms with van der Waals surface area (Å²) in [6, 6.07) is 9.42. The van der Waals surface area contributed by atoms with Crippen molar-refractivity contribution in [1.82, 2.24) is 0 Å². The van der Waals surface area contributed by atoms with Gasteiger partial charge in [0.1, 0.15) is 5.78 Å². The summed E-state index contributed by atoms with van der Waals surface area (Å²) in [6.45, 7) is 0. The van der Waals surface area contributed by atoms with E-state index in [1.165, 1.54) is 17.5 Å². The van der Waals surface area contributed by atoms with Crippen molar-refractivity contribution >= 4 is 5.78 Å². The van der Waals surface area contributed by atoms with E-state index >= 15 is 0 Å². The molecule has 2 heteroatoms. The molecule has 2 aliphatic carbocycles. The van der Waals surface area contributed by atoms with Crippen LogP contribution in [0.3, 0.4) is 0 Å². The molecule has 3 rings (SSSR count). The molecule has 17 heavy (non-hydrogen) atoms. The number of carbonyl (C=O) groups is 1. The van der Waals surface area contributed by atoms with Gasteiger partial charge in [0.2, 0.25) is 0 Å². The van der Waals surface area contributed by atoms with Crippen molar-refractivity contribution in [2.75, 3.05) is 0 Å². The second-order valence-corrected chi connectivity index (χ2v) is 5.28. The first-order valence-corrected chi connectivity index (χ1v) is 6.31. The standard InChI is InChI=1S/C15H17O.V/c16-14-8-4-10-15(14)9-3-7-12-5-1-2-6-13(12)11-15;/h1,5-6H,3-4,7-11H2;/q-1;. The Morgan fingerprint density at radius 1 is 1.12 bits per heavy atom. The molecule has 89 valence electrons. The van der Waals surface area contributed by atoms with Crippen LogP contribution in [0.25, 0.3) is 0 Å². The summed E-state index contributed by atoms with van der Waals surface area (Å²) in [4.78, 5) is 12.1. The van der Waals surface area contributed by atoms with Gasteiger partial charge in [-0.3, -0.25) is 4.79 Å². The Labute approximate surface area is 115 Å². The summed E-state index contributed by atoms with van der Waals surface area (Å²) in [6.07, 6.45) is 7.40. The molecule has 0 amide bonds. The number of aryl methyl sites for hydroxylation is 1. The molecule has 2 aliphatic rings. The molecule has 1 fully saturated rings. The van der Waals surface area contributed by atoms with Gasteiger partial charge >= 0.3 is 0 Å². The predicted octanol–water partition coefficient (Wildman–Crippen LogP) is 3.10. The maximum absolute atomic E-state index is 12.1. The normalized spacial score (nSPS) is 27.4. The number of hydrogen-bond acceptors (Lipinski definition) is 1. The third-order valence-corrected chi connectivity index (χ3v) is 4.33. The summed E-state index contributed by atoms with van der Waals surface area (Å²) in [5.74, 6) is 0.518. The van der Waals surface area contributed by atoms with Gasteiger partial charge in [-0.05, 0) is 19.3 Å². The largest absolute Gasteiger partial charge is 0.299 e. The Hall–Kier alpha value is -0.526. The van der Waals surface area contributed by atoms with E-state index in [1.54, 1.807) is 0 Å². The minimum atomic E-state index is 0. The molecule has 0 saturated heterocycles. The first kappa shape index (κ1) is 12.9. The van der Waals surface area contributed by atoms with Crippen molar-refractivity contribution < 1.29 is 23.4 Å². The monoisotopic (exact) mass is 264 g/mol. The van der Waals surface area contributed by atoms with Crippen LogP contribution in [0, 0.1) is 11.5 Å². The first-order chi connectivity index (χ1) is 7.80. The van der Waals surface area contributed by atoms with Crippen LogP contribution in [0.1, 0.15) is 43.2 Å². The minimum Gasteiger partial charge on any atom is -0.299 e. The zero-order valence-corrected chi connectivity index (χ0v) is 11.4. The average molecular weight is 264 g/mol. The smallest absolute Gasteiger partial charge is 0.138 e. The summed E-state index contributed by atoms with van der Waals surface area (Å²) >= 11 is 0. The van der Waals surface area contributed by atoms with Crippen molar-refractivity contribution in [1.29, 1.82) is 0 Å². The maximum atomic E-state index is 12.1. The number of Topliss-reactive ketones (excluding diaryl/α,β-unsaturated/α-hetero) is 1. The Bertz CT molecular complexity index is 427. The minimum absolute atomic E-state index is 0. The summed E-state index contributed by atoms with van der Waals surface area (Å²) in [5.41, 5.74) is 2.81. The van der Waals surface area contributed by atoms with Crippen LogP contribution in [-0.2, 0) is 36.2 Å². The molecule has 1 aromatic carbocycles. The number of carbonyl (C=O) groups excluding carboxylic acids is 1. The van der Waals surface area contributed by atoms with E-state index < -0.39 is 0 Å². The zero-order valence-electron chi connectivity index (χ0n) is 10.0. The average Bonchev–Trinajstić information content (AvgIpc) is 2.54. The molecule has 1 unspecified atom stereocenters. The first-order valence-electron chi connectivity index (χ1n) is 6.31. The van der Waals surface area contributed by atoms with Crippen LogP contribution in [0.2, 0.25) is 0 Å². The molecule has 0 aliphatic heterocycles. The van der Waals surface area contributed by atoms with Crippen LogP contribution in [0.4, 0.5) is 0 Å². The van der Waals surface area contributed by atoms with Crippen LogP contribution < -0.4 is 0 Å². The summed E-state index contributed by atoms with van der Waals surface area (Å²) < 4.78 is 0. The number of ketones is 1. The number of fused-ring (bicyclic) bond motifs is 1. The van der Waals surface area contributed by atoms with E-state index in [9.17, 15) is 4.79 Å². The van der Waals surface area contributed by atoms with Gasteiger partial charge < -0.3 is 0 Å². The molecular formula is C15H17OV-. The van der Waals surface area contributed by atoms with Gasteiger partial charge in [-0.1, -0.05) is 19.3 Å². The Morgan fingerprint density at radius 2 is 1.88 bits per heavy atom. The molecule has 0 N–H and O–H groups in total. The van der Waals surface area contributed by atoms with E-state index in [1.807, 2.05) is 6.07 Å². The van der Waals surface area contributed by atoms with Crippen molar-refractivity contribution in [3.63, 3.8) is 0 Å². The fraction of sp³-hybridized carbons (Fsp3) is 0.533. The van der Waals surface area contributed by atoms with E-state index in [0.717, 1.165) is 38.5 Å². The summed E-state index contributed by atoms with van der Waals surface area (Å²) in [5, 5.41) is 0. The maximum Gasteiger partial charge on any atom is 0.138 e. The number of hydrogen-bond donors (Lipinski definition) is 0. The number of rotatable bonds is 0. The van der Waals surface area contributed by atoms with Crippen molar-refractivity contribution in [3.05, 3.63) is 35.4 Å². The van der Waals surface area contributed by atoms with Gasteiger partial charge in [0.15, 0.2) is 0 Å². The molecule has 1 atom stereocenters. The van der Waals surface area contributed by atoms with Crippen molar-refractivity contribution in [3.8, 4) is 0 Å². The second-order valence-electron chi connectivity index (χ2n) is 5.28. The zero-order chi connectivity index (χ0) is 11.0. The van der Waals surface area contributed by atoms with Crippen LogP contribution >= 0.6 is 0 Å². The third-order valence-electron chi connectivity index (χ3n) is 4.33. The van der Waals surface area contributed by atoms with E-state index in [0.29, 0.717) is 5.78 Å². The fourth-order valence-corrected chi connectivity index (χ4v) is 3.42. The van der Waals surface area contributed by atoms with Gasteiger partial charge in [-0.2, -0.15) is 35.4 Å². The van der Waals surface area contributed by atoms with Gasteiger partial charge in [-0.15, -0.1) is 0 Å². The van der Waals surface area contributed by atoms with E-state index in [2.05, 4.69) is 18.2 Å².